The van der Waals surface area contributed by atoms with Gasteiger partial charge in [0.15, 0.2) is 24.6 Å². The van der Waals surface area contributed by atoms with E-state index in [-0.39, 0.29) is 25.9 Å². The zero-order chi connectivity index (χ0) is 57.5. The van der Waals surface area contributed by atoms with Crippen molar-refractivity contribution < 1.29 is 58.2 Å². The van der Waals surface area contributed by atoms with Crippen LogP contribution in [0.1, 0.15) is 290 Å². The van der Waals surface area contributed by atoms with Crippen LogP contribution in [0.3, 0.4) is 0 Å². The number of unbranched alkanes of at least 4 members (excludes halogenated alkanes) is 31. The van der Waals surface area contributed by atoms with Gasteiger partial charge in [-0.2, -0.15) is 0 Å². The molecule has 0 bridgehead atoms. The number of carbonyl (C=O) groups is 4. The Labute approximate surface area is 481 Å². The van der Waals surface area contributed by atoms with Gasteiger partial charge in [-0.05, 0) is 77.0 Å². The molecule has 0 aliphatic carbocycles. The summed E-state index contributed by atoms with van der Waals surface area (Å²) in [6.07, 6.45) is 56.1. The van der Waals surface area contributed by atoms with Crippen LogP contribution in [0, 0.1) is 0 Å². The minimum atomic E-state index is -1.91. The predicted molar refractivity (Wildman–Crippen MR) is 322 cm³/mol. The van der Waals surface area contributed by atoms with Gasteiger partial charge in [-0.3, -0.25) is 14.4 Å². The standard InChI is InChI=1S/C67H116O12/c1-4-7-10-13-16-19-22-25-27-29-30-32-33-36-38-41-44-47-50-53-59(68)75-56-58(77-60(69)54-51-48-45-42-40-37-34-31-28-26-23-20-17-14-11-8-5-2)57-76-67-65(63(72)62(71)64(79-67)66(73)74)78-61(70)55-52-49-46-43-39-35-24-21-18-15-12-9-6-3/h8,11-12,15,17,20-21,24,26,28,58,62-65,67,71-72H,4-7,9-10,13-14,16,18-19,22-23,25,27,29-57H2,1-3H3,(H,73,74)/b11-8-,15-12-,20-17-,24-21-,28-26-. The highest BCUT2D eigenvalue weighted by atomic mass is 16.7. The summed E-state index contributed by atoms with van der Waals surface area (Å²) in [6.45, 7) is 5.84. The Hall–Kier alpha value is -3.58. The maximum atomic E-state index is 13.2. The van der Waals surface area contributed by atoms with Crippen molar-refractivity contribution in [2.75, 3.05) is 13.2 Å². The first kappa shape index (κ1) is 73.4. The van der Waals surface area contributed by atoms with Crippen LogP contribution in [0.25, 0.3) is 0 Å². The Morgan fingerprint density at radius 3 is 1.27 bits per heavy atom. The van der Waals surface area contributed by atoms with E-state index in [2.05, 4.69) is 81.5 Å². The average Bonchev–Trinajstić information content (AvgIpc) is 3.46. The third-order valence-electron chi connectivity index (χ3n) is 14.6. The van der Waals surface area contributed by atoms with E-state index >= 15 is 0 Å². The minimum absolute atomic E-state index is 0.0435. The van der Waals surface area contributed by atoms with Crippen LogP contribution in [0.5, 0.6) is 0 Å². The summed E-state index contributed by atoms with van der Waals surface area (Å²) >= 11 is 0. The van der Waals surface area contributed by atoms with Crippen LogP contribution < -0.4 is 0 Å². The van der Waals surface area contributed by atoms with Gasteiger partial charge in [0.2, 0.25) is 0 Å². The fourth-order valence-corrected chi connectivity index (χ4v) is 9.66. The molecule has 12 heteroatoms. The predicted octanol–water partition coefficient (Wildman–Crippen LogP) is 17.1. The molecule has 0 aromatic rings. The lowest BCUT2D eigenvalue weighted by molar-refractivity contribution is -0.301. The lowest BCUT2D eigenvalue weighted by Gasteiger charge is -2.40. The number of ether oxygens (including phenoxy) is 5. The van der Waals surface area contributed by atoms with Crippen LogP contribution in [-0.2, 0) is 42.9 Å². The molecule has 1 heterocycles. The number of aliphatic hydroxyl groups is 2. The van der Waals surface area contributed by atoms with E-state index in [1.165, 1.54) is 96.3 Å². The Morgan fingerprint density at radius 2 is 0.823 bits per heavy atom. The average molecular weight is 1110 g/mol. The summed E-state index contributed by atoms with van der Waals surface area (Å²) in [5, 5.41) is 31.5. The van der Waals surface area contributed by atoms with Crippen LogP contribution in [0.15, 0.2) is 60.8 Å². The quantitative estimate of drug-likeness (QED) is 0.0228. The first-order valence-corrected chi connectivity index (χ1v) is 32.3. The van der Waals surface area contributed by atoms with E-state index in [9.17, 15) is 34.5 Å². The summed E-state index contributed by atoms with van der Waals surface area (Å²) in [5.74, 6) is -3.13. The largest absolute Gasteiger partial charge is 0.479 e. The van der Waals surface area contributed by atoms with Crippen molar-refractivity contribution in [1.82, 2.24) is 0 Å². The number of esters is 3. The number of rotatable bonds is 55. The number of carbonyl (C=O) groups excluding carboxylic acids is 3. The Kier molecular flexibility index (Phi) is 51.1. The molecule has 456 valence electrons. The Balaban J connectivity index is 2.65. The first-order valence-electron chi connectivity index (χ1n) is 32.3. The summed E-state index contributed by atoms with van der Waals surface area (Å²) in [4.78, 5) is 51.3. The SMILES string of the molecule is CC/C=C\C/C=C\C/C=C\CCCCCCCCCC(=O)OC(COC(=O)CCCCCCCCCCCCCCCCCCCCC)COC1OC(C(=O)O)C(O)C(O)C1OC(=O)CCCCCCC/C=C\C/C=C\CCC. The first-order chi connectivity index (χ1) is 38.6. The second-order valence-electron chi connectivity index (χ2n) is 22.0. The molecule has 0 amide bonds. The van der Waals surface area contributed by atoms with Gasteiger partial charge >= 0.3 is 23.9 Å². The molecule has 1 fully saturated rings. The maximum Gasteiger partial charge on any atom is 0.335 e. The molecular formula is C67H116O12. The highest BCUT2D eigenvalue weighted by Gasteiger charge is 2.50. The van der Waals surface area contributed by atoms with E-state index < -0.39 is 67.3 Å². The van der Waals surface area contributed by atoms with Crippen molar-refractivity contribution in [2.45, 2.75) is 327 Å². The molecule has 1 aliphatic rings. The fraction of sp³-hybridized carbons (Fsp3) is 0.791. The van der Waals surface area contributed by atoms with Crippen LogP contribution in [0.2, 0.25) is 0 Å². The van der Waals surface area contributed by atoms with Crippen molar-refractivity contribution in [3.05, 3.63) is 60.8 Å². The molecule has 79 heavy (non-hydrogen) atoms. The number of hydrogen-bond donors (Lipinski definition) is 3. The number of hydrogen-bond acceptors (Lipinski definition) is 11. The van der Waals surface area contributed by atoms with Crippen LogP contribution in [-0.4, -0.2) is 89.2 Å². The molecule has 1 aliphatic heterocycles. The van der Waals surface area contributed by atoms with E-state index in [1.807, 2.05) is 0 Å². The molecule has 1 saturated heterocycles. The van der Waals surface area contributed by atoms with E-state index in [4.69, 9.17) is 23.7 Å². The molecule has 0 aromatic heterocycles. The monoisotopic (exact) mass is 1110 g/mol. The highest BCUT2D eigenvalue weighted by Crippen LogP contribution is 2.27. The number of allylic oxidation sites excluding steroid dienone is 10. The number of aliphatic carboxylic acids is 1. The number of aliphatic hydroxyl groups excluding tert-OH is 2. The molecule has 12 nitrogen and oxygen atoms in total. The lowest BCUT2D eigenvalue weighted by Crippen LogP contribution is -2.61. The fourth-order valence-electron chi connectivity index (χ4n) is 9.66. The van der Waals surface area contributed by atoms with E-state index in [0.29, 0.717) is 19.3 Å². The smallest absolute Gasteiger partial charge is 0.335 e. The highest BCUT2D eigenvalue weighted by molar-refractivity contribution is 5.74. The number of carboxylic acids is 1. The summed E-state index contributed by atoms with van der Waals surface area (Å²) < 4.78 is 28.5. The Morgan fingerprint density at radius 1 is 0.430 bits per heavy atom. The molecule has 3 N–H and O–H groups in total. The zero-order valence-corrected chi connectivity index (χ0v) is 50.4. The van der Waals surface area contributed by atoms with Gasteiger partial charge in [-0.1, -0.05) is 255 Å². The third-order valence-corrected chi connectivity index (χ3v) is 14.6. The van der Waals surface area contributed by atoms with Crippen molar-refractivity contribution >= 4 is 23.9 Å². The van der Waals surface area contributed by atoms with Crippen LogP contribution >= 0.6 is 0 Å². The van der Waals surface area contributed by atoms with Crippen molar-refractivity contribution in [3.8, 4) is 0 Å². The summed E-state index contributed by atoms with van der Waals surface area (Å²) in [6, 6.07) is 0. The van der Waals surface area contributed by atoms with Gasteiger partial charge < -0.3 is 39.0 Å². The normalized spacial score (nSPS) is 18.2. The molecule has 1 rings (SSSR count). The van der Waals surface area contributed by atoms with Crippen molar-refractivity contribution in [2.24, 2.45) is 0 Å². The molecule has 0 aromatic carbocycles. The molecule has 0 spiro atoms. The summed E-state index contributed by atoms with van der Waals surface area (Å²) in [5.41, 5.74) is 0. The molecule has 6 unspecified atom stereocenters. The van der Waals surface area contributed by atoms with Gasteiger partial charge in [-0.15, -0.1) is 0 Å². The maximum absolute atomic E-state index is 13.2. The van der Waals surface area contributed by atoms with Gasteiger partial charge in [0.05, 0.1) is 6.61 Å². The van der Waals surface area contributed by atoms with Gasteiger partial charge in [0.25, 0.3) is 0 Å². The van der Waals surface area contributed by atoms with E-state index in [1.54, 1.807) is 0 Å². The van der Waals surface area contributed by atoms with Crippen molar-refractivity contribution in [1.29, 1.82) is 0 Å². The zero-order valence-electron chi connectivity index (χ0n) is 50.4. The van der Waals surface area contributed by atoms with Crippen LogP contribution in [0.4, 0.5) is 0 Å². The van der Waals surface area contributed by atoms with Gasteiger partial charge in [-0.25, -0.2) is 4.79 Å². The third kappa shape index (κ3) is 44.7. The molecule has 0 radical (unpaired) electrons. The number of carboxylic acid groups (broad SMARTS) is 1. The Bertz CT molecular complexity index is 1600. The molecular weight excluding hydrogens is 997 g/mol. The molecule has 0 saturated carbocycles. The minimum Gasteiger partial charge on any atom is -0.479 e. The molecule has 6 atom stereocenters. The van der Waals surface area contributed by atoms with Gasteiger partial charge in [0.1, 0.15) is 18.8 Å². The lowest BCUT2D eigenvalue weighted by atomic mass is 9.98. The van der Waals surface area contributed by atoms with Gasteiger partial charge in [0, 0.05) is 19.3 Å². The second-order valence-corrected chi connectivity index (χ2v) is 22.0. The van der Waals surface area contributed by atoms with E-state index in [0.717, 1.165) is 135 Å². The van der Waals surface area contributed by atoms with Crippen molar-refractivity contribution in [3.63, 3.8) is 0 Å². The summed E-state index contributed by atoms with van der Waals surface area (Å²) in [7, 11) is 0. The second kappa shape index (κ2) is 55.0. The topological polar surface area (TPSA) is 175 Å².